The summed E-state index contributed by atoms with van der Waals surface area (Å²) < 4.78 is 1.96. The first-order chi connectivity index (χ1) is 6.68. The number of rotatable bonds is 5. The zero-order valence-electron chi connectivity index (χ0n) is 9.03. The fourth-order valence-corrected chi connectivity index (χ4v) is 1.83. The molecular formula is C11H19N3. The Balaban J connectivity index is 1.57. The predicted molar refractivity (Wildman–Crippen MR) is 57.0 cm³/mol. The first-order valence-corrected chi connectivity index (χ1v) is 5.37. The van der Waals surface area contributed by atoms with Gasteiger partial charge < -0.3 is 5.32 Å². The Kier molecular flexibility index (Phi) is 2.59. The van der Waals surface area contributed by atoms with Gasteiger partial charge in [-0.25, -0.2) is 0 Å². The maximum atomic E-state index is 4.15. The van der Waals surface area contributed by atoms with E-state index in [2.05, 4.69) is 24.3 Å². The van der Waals surface area contributed by atoms with Crippen LogP contribution in [0.5, 0.6) is 0 Å². The largest absolute Gasteiger partial charge is 0.315 e. The topological polar surface area (TPSA) is 29.9 Å². The highest BCUT2D eigenvalue weighted by molar-refractivity contribution is 4.95. The van der Waals surface area contributed by atoms with E-state index in [1.165, 1.54) is 6.42 Å². The predicted octanol–water partition coefficient (Wildman–Crippen LogP) is 1.52. The molecule has 0 bridgehead atoms. The summed E-state index contributed by atoms with van der Waals surface area (Å²) in [5, 5.41) is 7.63. The molecule has 1 aliphatic rings. The molecule has 3 nitrogen and oxygen atoms in total. The Hall–Kier alpha value is -0.830. The lowest BCUT2D eigenvalue weighted by Gasteiger charge is -2.06. The molecule has 0 aliphatic heterocycles. The molecule has 1 atom stereocenters. The maximum Gasteiger partial charge on any atom is 0.0533 e. The van der Waals surface area contributed by atoms with E-state index in [9.17, 15) is 0 Å². The zero-order chi connectivity index (χ0) is 10.0. The van der Waals surface area contributed by atoms with Gasteiger partial charge in [-0.1, -0.05) is 13.8 Å². The number of nitrogens with one attached hydrogen (secondary N) is 1. The van der Waals surface area contributed by atoms with Crippen LogP contribution < -0.4 is 5.32 Å². The van der Waals surface area contributed by atoms with Crippen molar-refractivity contribution < 1.29 is 0 Å². The molecule has 1 aromatic rings. The molecule has 1 N–H and O–H groups in total. The van der Waals surface area contributed by atoms with Gasteiger partial charge in [0.2, 0.25) is 0 Å². The lowest BCUT2D eigenvalue weighted by atomic mass is 10.1. The Labute approximate surface area is 85.5 Å². The number of hydrogen-bond donors (Lipinski definition) is 1. The molecule has 1 aliphatic carbocycles. The molecule has 78 valence electrons. The second-order valence-electron chi connectivity index (χ2n) is 4.86. The van der Waals surface area contributed by atoms with E-state index in [0.717, 1.165) is 25.6 Å². The van der Waals surface area contributed by atoms with E-state index < -0.39 is 0 Å². The molecule has 0 aromatic carbocycles. The van der Waals surface area contributed by atoms with E-state index in [1.807, 2.05) is 23.1 Å². The summed E-state index contributed by atoms with van der Waals surface area (Å²) in [6, 6.07) is 1.96. The summed E-state index contributed by atoms with van der Waals surface area (Å²) in [4.78, 5) is 0. The van der Waals surface area contributed by atoms with Crippen LogP contribution in [0.25, 0.3) is 0 Å². The molecule has 1 heterocycles. The minimum atomic E-state index is 0.596. The first kappa shape index (κ1) is 9.71. The summed E-state index contributed by atoms with van der Waals surface area (Å²) in [7, 11) is 0. The fourth-order valence-electron chi connectivity index (χ4n) is 1.83. The summed E-state index contributed by atoms with van der Waals surface area (Å²) in [5.41, 5.74) is 0.596. The molecule has 3 heteroatoms. The lowest BCUT2D eigenvalue weighted by molar-refractivity contribution is 0.495. The molecule has 0 saturated heterocycles. The highest BCUT2D eigenvalue weighted by Gasteiger charge is 2.44. The molecular weight excluding hydrogens is 174 g/mol. The van der Waals surface area contributed by atoms with Crippen molar-refractivity contribution in [3.8, 4) is 0 Å². The van der Waals surface area contributed by atoms with Crippen LogP contribution in [0.3, 0.4) is 0 Å². The van der Waals surface area contributed by atoms with E-state index >= 15 is 0 Å². The van der Waals surface area contributed by atoms with Gasteiger partial charge in [-0.2, -0.15) is 5.10 Å². The summed E-state index contributed by atoms with van der Waals surface area (Å²) in [5.74, 6) is 0.889. The molecule has 1 fully saturated rings. The van der Waals surface area contributed by atoms with Gasteiger partial charge in [-0.15, -0.1) is 0 Å². The Bertz CT molecular complexity index is 277. The van der Waals surface area contributed by atoms with Crippen molar-refractivity contribution in [3.63, 3.8) is 0 Å². The van der Waals surface area contributed by atoms with Crippen molar-refractivity contribution in [2.24, 2.45) is 11.3 Å². The van der Waals surface area contributed by atoms with Gasteiger partial charge in [0, 0.05) is 18.9 Å². The molecule has 1 aromatic heterocycles. The molecule has 1 unspecified atom stereocenters. The first-order valence-electron chi connectivity index (χ1n) is 5.37. The van der Waals surface area contributed by atoms with E-state index in [4.69, 9.17) is 0 Å². The fraction of sp³-hybridized carbons (Fsp3) is 0.727. The number of aromatic nitrogens is 2. The van der Waals surface area contributed by atoms with Crippen molar-refractivity contribution in [1.82, 2.24) is 15.1 Å². The number of nitrogens with zero attached hydrogens (tertiary/aromatic N) is 2. The van der Waals surface area contributed by atoms with Crippen molar-refractivity contribution >= 4 is 0 Å². The van der Waals surface area contributed by atoms with E-state index in [-0.39, 0.29) is 0 Å². The van der Waals surface area contributed by atoms with Crippen LogP contribution in [-0.4, -0.2) is 22.9 Å². The molecule has 0 spiro atoms. The number of hydrogen-bond acceptors (Lipinski definition) is 2. The summed E-state index contributed by atoms with van der Waals surface area (Å²) in [6.45, 7) is 7.84. The SMILES string of the molecule is CC1(C)CC1CNCCn1cccn1. The van der Waals surface area contributed by atoms with Gasteiger partial charge in [0.1, 0.15) is 0 Å². The van der Waals surface area contributed by atoms with Crippen LogP contribution in [0.2, 0.25) is 0 Å². The van der Waals surface area contributed by atoms with Crippen molar-refractivity contribution in [1.29, 1.82) is 0 Å². The zero-order valence-corrected chi connectivity index (χ0v) is 9.03. The Morgan fingerprint density at radius 3 is 2.93 bits per heavy atom. The van der Waals surface area contributed by atoms with Gasteiger partial charge in [0.15, 0.2) is 0 Å². The average molecular weight is 193 g/mol. The molecule has 0 amide bonds. The van der Waals surface area contributed by atoms with Gasteiger partial charge in [-0.3, -0.25) is 4.68 Å². The van der Waals surface area contributed by atoms with Crippen LogP contribution in [0.1, 0.15) is 20.3 Å². The second kappa shape index (κ2) is 3.73. The van der Waals surface area contributed by atoms with E-state index in [1.54, 1.807) is 0 Å². The van der Waals surface area contributed by atoms with Crippen LogP contribution in [-0.2, 0) is 6.54 Å². The average Bonchev–Trinajstić information content (AvgIpc) is 2.60. The van der Waals surface area contributed by atoms with E-state index in [0.29, 0.717) is 5.41 Å². The highest BCUT2D eigenvalue weighted by Crippen LogP contribution is 2.50. The maximum absolute atomic E-state index is 4.15. The lowest BCUT2D eigenvalue weighted by Crippen LogP contribution is -2.23. The second-order valence-corrected chi connectivity index (χ2v) is 4.86. The van der Waals surface area contributed by atoms with Gasteiger partial charge in [-0.05, 0) is 30.4 Å². The molecule has 14 heavy (non-hydrogen) atoms. The smallest absolute Gasteiger partial charge is 0.0533 e. The van der Waals surface area contributed by atoms with Crippen molar-refractivity contribution in [3.05, 3.63) is 18.5 Å². The molecule has 1 saturated carbocycles. The third-order valence-electron chi connectivity index (χ3n) is 3.19. The molecule has 0 radical (unpaired) electrons. The third kappa shape index (κ3) is 2.35. The highest BCUT2D eigenvalue weighted by atomic mass is 15.3. The van der Waals surface area contributed by atoms with Crippen LogP contribution in [0, 0.1) is 11.3 Å². The van der Waals surface area contributed by atoms with Crippen molar-refractivity contribution in [2.45, 2.75) is 26.8 Å². The summed E-state index contributed by atoms with van der Waals surface area (Å²) >= 11 is 0. The minimum Gasteiger partial charge on any atom is -0.315 e. The minimum absolute atomic E-state index is 0.596. The normalized spacial score (nSPS) is 23.7. The third-order valence-corrected chi connectivity index (χ3v) is 3.19. The van der Waals surface area contributed by atoms with Crippen molar-refractivity contribution in [2.75, 3.05) is 13.1 Å². The quantitative estimate of drug-likeness (QED) is 0.718. The Morgan fingerprint density at radius 2 is 2.36 bits per heavy atom. The summed E-state index contributed by atoms with van der Waals surface area (Å²) in [6.07, 6.45) is 5.20. The van der Waals surface area contributed by atoms with Crippen LogP contribution >= 0.6 is 0 Å². The van der Waals surface area contributed by atoms with Gasteiger partial charge >= 0.3 is 0 Å². The monoisotopic (exact) mass is 193 g/mol. The van der Waals surface area contributed by atoms with Gasteiger partial charge in [0.25, 0.3) is 0 Å². The molecule has 2 rings (SSSR count). The standard InChI is InChI=1S/C11H19N3/c1-11(2)8-10(11)9-12-5-7-14-6-3-4-13-14/h3-4,6,10,12H,5,7-9H2,1-2H3. The van der Waals surface area contributed by atoms with Crippen LogP contribution in [0.4, 0.5) is 0 Å². The Morgan fingerprint density at radius 1 is 1.57 bits per heavy atom. The van der Waals surface area contributed by atoms with Crippen LogP contribution in [0.15, 0.2) is 18.5 Å². The van der Waals surface area contributed by atoms with Gasteiger partial charge in [0.05, 0.1) is 6.54 Å².